The summed E-state index contributed by atoms with van der Waals surface area (Å²) in [6, 6.07) is 8.25. The van der Waals surface area contributed by atoms with E-state index in [0.29, 0.717) is 12.3 Å². The van der Waals surface area contributed by atoms with E-state index in [4.69, 9.17) is 4.74 Å². The van der Waals surface area contributed by atoms with E-state index in [0.717, 1.165) is 49.0 Å². The first kappa shape index (κ1) is 18.9. The minimum Gasteiger partial charge on any atom is -0.376 e. The van der Waals surface area contributed by atoms with Crippen molar-refractivity contribution in [3.05, 3.63) is 29.8 Å². The van der Waals surface area contributed by atoms with Crippen molar-refractivity contribution in [2.24, 2.45) is 0 Å². The number of ether oxygens (including phenoxy) is 1. The number of aryl methyl sites for hydroxylation is 1. The summed E-state index contributed by atoms with van der Waals surface area (Å²) in [5.41, 5.74) is 2.25. The number of carbonyl (C=O) groups excluding carboxylic acids is 1. The summed E-state index contributed by atoms with van der Waals surface area (Å²) >= 11 is 1.43. The van der Waals surface area contributed by atoms with Gasteiger partial charge in [-0.3, -0.25) is 4.79 Å². The standard InChI is InChI=1S/C19H26N4O2S/c1-3-9-23-18(15-7-4-6-14(2)11-15)21-22-19(23)26-13-17(24)20-12-16-8-5-10-25-16/h4,6-7,11,16H,3,5,8-10,12-13H2,1-2H3,(H,20,24). The summed E-state index contributed by atoms with van der Waals surface area (Å²) in [7, 11) is 0. The monoisotopic (exact) mass is 374 g/mol. The van der Waals surface area contributed by atoms with Gasteiger partial charge in [0, 0.05) is 25.3 Å². The number of nitrogens with zero attached hydrogens (tertiary/aromatic N) is 3. The number of amides is 1. The normalized spacial score (nSPS) is 16.8. The fourth-order valence-corrected chi connectivity index (χ4v) is 3.83. The van der Waals surface area contributed by atoms with Crippen molar-refractivity contribution in [2.45, 2.75) is 50.9 Å². The molecule has 1 aliphatic heterocycles. The van der Waals surface area contributed by atoms with Crippen molar-refractivity contribution in [2.75, 3.05) is 18.9 Å². The highest BCUT2D eigenvalue weighted by Gasteiger charge is 2.18. The maximum absolute atomic E-state index is 12.1. The molecular formula is C19H26N4O2S. The van der Waals surface area contributed by atoms with E-state index < -0.39 is 0 Å². The Balaban J connectivity index is 1.63. The molecular weight excluding hydrogens is 348 g/mol. The number of benzene rings is 1. The second-order valence-electron chi connectivity index (χ2n) is 6.56. The number of thioether (sulfide) groups is 1. The lowest BCUT2D eigenvalue weighted by atomic mass is 10.1. The SMILES string of the molecule is CCCn1c(SCC(=O)NCC2CCCO2)nnc1-c1cccc(C)c1. The van der Waals surface area contributed by atoms with E-state index in [1.807, 2.05) is 12.1 Å². The van der Waals surface area contributed by atoms with E-state index in [2.05, 4.69) is 46.1 Å². The van der Waals surface area contributed by atoms with E-state index >= 15 is 0 Å². The Labute approximate surface area is 158 Å². The van der Waals surface area contributed by atoms with Crippen LogP contribution in [0.4, 0.5) is 0 Å². The number of hydrogen-bond donors (Lipinski definition) is 1. The summed E-state index contributed by atoms with van der Waals surface area (Å²) in [5, 5.41) is 12.4. The molecule has 2 heterocycles. The van der Waals surface area contributed by atoms with Crippen molar-refractivity contribution in [1.82, 2.24) is 20.1 Å². The second kappa shape index (κ2) is 9.19. The molecule has 1 aliphatic rings. The number of nitrogens with one attached hydrogen (secondary N) is 1. The lowest BCUT2D eigenvalue weighted by Gasteiger charge is -2.11. The van der Waals surface area contributed by atoms with Gasteiger partial charge in [-0.05, 0) is 32.3 Å². The highest BCUT2D eigenvalue weighted by molar-refractivity contribution is 7.99. The molecule has 140 valence electrons. The Morgan fingerprint density at radius 2 is 2.31 bits per heavy atom. The molecule has 0 spiro atoms. The first-order chi connectivity index (χ1) is 12.7. The second-order valence-corrected chi connectivity index (χ2v) is 7.50. The van der Waals surface area contributed by atoms with Crippen LogP contribution in [0.1, 0.15) is 31.7 Å². The zero-order chi connectivity index (χ0) is 18.4. The van der Waals surface area contributed by atoms with Gasteiger partial charge in [-0.2, -0.15) is 0 Å². The first-order valence-electron chi connectivity index (χ1n) is 9.18. The molecule has 3 rings (SSSR count). The molecule has 6 nitrogen and oxygen atoms in total. The molecule has 1 atom stereocenters. The third-order valence-electron chi connectivity index (χ3n) is 4.32. The largest absolute Gasteiger partial charge is 0.376 e. The van der Waals surface area contributed by atoms with Gasteiger partial charge in [0.2, 0.25) is 5.91 Å². The molecule has 1 amide bonds. The van der Waals surface area contributed by atoms with Gasteiger partial charge in [-0.25, -0.2) is 0 Å². The predicted octanol–water partition coefficient (Wildman–Crippen LogP) is 3.05. The quantitative estimate of drug-likeness (QED) is 0.719. The van der Waals surface area contributed by atoms with E-state index in [-0.39, 0.29) is 12.0 Å². The molecule has 0 saturated carbocycles. The van der Waals surface area contributed by atoms with Gasteiger partial charge in [0.25, 0.3) is 0 Å². The van der Waals surface area contributed by atoms with Gasteiger partial charge in [-0.1, -0.05) is 42.4 Å². The lowest BCUT2D eigenvalue weighted by Crippen LogP contribution is -2.32. The Morgan fingerprint density at radius 1 is 1.42 bits per heavy atom. The average molecular weight is 375 g/mol. The van der Waals surface area contributed by atoms with Crippen LogP contribution in [0.2, 0.25) is 0 Å². The van der Waals surface area contributed by atoms with E-state index in [9.17, 15) is 4.79 Å². The number of carbonyl (C=O) groups is 1. The smallest absolute Gasteiger partial charge is 0.230 e. The van der Waals surface area contributed by atoms with Crippen molar-refractivity contribution in [1.29, 1.82) is 0 Å². The summed E-state index contributed by atoms with van der Waals surface area (Å²) in [6.45, 7) is 6.42. The van der Waals surface area contributed by atoms with Crippen molar-refractivity contribution < 1.29 is 9.53 Å². The Bertz CT molecular complexity index is 741. The van der Waals surface area contributed by atoms with E-state index in [1.54, 1.807) is 0 Å². The van der Waals surface area contributed by atoms with Crippen molar-refractivity contribution >= 4 is 17.7 Å². The molecule has 1 aromatic carbocycles. The van der Waals surface area contributed by atoms with Gasteiger partial charge in [0.1, 0.15) is 0 Å². The third kappa shape index (κ3) is 4.86. The number of aromatic nitrogens is 3. The molecule has 1 unspecified atom stereocenters. The third-order valence-corrected chi connectivity index (χ3v) is 5.29. The van der Waals surface area contributed by atoms with Crippen LogP contribution in [0.15, 0.2) is 29.4 Å². The van der Waals surface area contributed by atoms with E-state index in [1.165, 1.54) is 17.3 Å². The summed E-state index contributed by atoms with van der Waals surface area (Å²) < 4.78 is 7.64. The minimum absolute atomic E-state index is 0.00801. The maximum atomic E-state index is 12.1. The minimum atomic E-state index is 0.00801. The zero-order valence-corrected chi connectivity index (χ0v) is 16.2. The molecule has 1 fully saturated rings. The van der Waals surface area contributed by atoms with Crippen LogP contribution < -0.4 is 5.32 Å². The zero-order valence-electron chi connectivity index (χ0n) is 15.4. The number of hydrogen-bond acceptors (Lipinski definition) is 5. The highest BCUT2D eigenvalue weighted by Crippen LogP contribution is 2.25. The molecule has 0 aliphatic carbocycles. The van der Waals surface area contributed by atoms with Crippen LogP contribution in [-0.2, 0) is 16.1 Å². The average Bonchev–Trinajstić information content (AvgIpc) is 3.28. The fourth-order valence-electron chi connectivity index (χ4n) is 3.03. The van der Waals surface area contributed by atoms with Gasteiger partial charge in [0.15, 0.2) is 11.0 Å². The molecule has 2 aromatic rings. The van der Waals surface area contributed by atoms with Crippen molar-refractivity contribution in [3.8, 4) is 11.4 Å². The molecule has 1 aromatic heterocycles. The molecule has 0 radical (unpaired) electrons. The molecule has 7 heteroatoms. The Kier molecular flexibility index (Phi) is 6.68. The molecule has 0 bridgehead atoms. The van der Waals surface area contributed by atoms with Gasteiger partial charge in [0.05, 0.1) is 11.9 Å². The molecule has 1 N–H and O–H groups in total. The summed E-state index contributed by atoms with van der Waals surface area (Å²) in [4.78, 5) is 12.1. The topological polar surface area (TPSA) is 69.0 Å². The van der Waals surface area contributed by atoms with Gasteiger partial charge >= 0.3 is 0 Å². The molecule has 26 heavy (non-hydrogen) atoms. The fraction of sp³-hybridized carbons (Fsp3) is 0.526. The Morgan fingerprint density at radius 3 is 3.04 bits per heavy atom. The Hall–Kier alpha value is -1.86. The summed E-state index contributed by atoms with van der Waals surface area (Å²) in [6.07, 6.45) is 3.26. The van der Waals surface area contributed by atoms with Crippen molar-refractivity contribution in [3.63, 3.8) is 0 Å². The lowest BCUT2D eigenvalue weighted by molar-refractivity contribution is -0.119. The van der Waals surface area contributed by atoms with Gasteiger partial charge in [-0.15, -0.1) is 10.2 Å². The van der Waals surface area contributed by atoms with Crippen LogP contribution >= 0.6 is 11.8 Å². The number of rotatable bonds is 8. The van der Waals surface area contributed by atoms with Crippen LogP contribution in [0.3, 0.4) is 0 Å². The predicted molar refractivity (Wildman–Crippen MR) is 103 cm³/mol. The van der Waals surface area contributed by atoms with Crippen LogP contribution in [0, 0.1) is 6.92 Å². The van der Waals surface area contributed by atoms with Crippen LogP contribution in [0.25, 0.3) is 11.4 Å². The molecule has 1 saturated heterocycles. The van der Waals surface area contributed by atoms with Crippen LogP contribution in [0.5, 0.6) is 0 Å². The highest BCUT2D eigenvalue weighted by atomic mass is 32.2. The maximum Gasteiger partial charge on any atom is 0.230 e. The van der Waals surface area contributed by atoms with Crippen LogP contribution in [-0.4, -0.2) is 45.7 Å². The van der Waals surface area contributed by atoms with Gasteiger partial charge < -0.3 is 14.6 Å². The first-order valence-corrected chi connectivity index (χ1v) is 10.2. The summed E-state index contributed by atoms with van der Waals surface area (Å²) in [5.74, 6) is 1.20.